The minimum Gasteiger partial charge on any atom is -0.462 e. The van der Waals surface area contributed by atoms with Gasteiger partial charge < -0.3 is 15.2 Å². The molecule has 0 aliphatic carbocycles. The van der Waals surface area contributed by atoms with Gasteiger partial charge in [0.05, 0.1) is 6.61 Å². The molecule has 25 heavy (non-hydrogen) atoms. The first kappa shape index (κ1) is 24.4. The van der Waals surface area contributed by atoms with E-state index in [4.69, 9.17) is 9.84 Å². The molecule has 4 nitrogen and oxygen atoms in total. The SMILES string of the molecule is CCCCCCCCC(CC)OC(=O)CCCCCCCNCCO. The molecule has 0 aliphatic heterocycles. The highest BCUT2D eigenvalue weighted by Crippen LogP contribution is 2.14. The fraction of sp³-hybridized carbons (Fsp3) is 0.952. The summed E-state index contributed by atoms with van der Waals surface area (Å²) < 4.78 is 5.63. The van der Waals surface area contributed by atoms with E-state index in [0.717, 1.165) is 38.6 Å². The maximum absolute atomic E-state index is 11.9. The molecule has 0 aliphatic rings. The monoisotopic (exact) mass is 357 g/mol. The average Bonchev–Trinajstić information content (AvgIpc) is 2.62. The Morgan fingerprint density at radius 2 is 1.52 bits per heavy atom. The Morgan fingerprint density at radius 1 is 0.880 bits per heavy atom. The van der Waals surface area contributed by atoms with Crippen LogP contribution in [-0.2, 0) is 9.53 Å². The fourth-order valence-electron chi connectivity index (χ4n) is 3.00. The normalized spacial score (nSPS) is 12.3. The van der Waals surface area contributed by atoms with Crippen LogP contribution in [-0.4, -0.2) is 36.9 Å². The molecule has 1 atom stereocenters. The van der Waals surface area contributed by atoms with E-state index in [2.05, 4.69) is 19.2 Å². The van der Waals surface area contributed by atoms with Crippen LogP contribution >= 0.6 is 0 Å². The summed E-state index contributed by atoms with van der Waals surface area (Å²) in [5.74, 6) is -0.0116. The molecule has 0 saturated carbocycles. The quantitative estimate of drug-likeness (QED) is 0.253. The van der Waals surface area contributed by atoms with Crippen LogP contribution in [0.15, 0.2) is 0 Å². The lowest BCUT2D eigenvalue weighted by Gasteiger charge is -2.16. The highest BCUT2D eigenvalue weighted by atomic mass is 16.5. The molecule has 0 saturated heterocycles. The Labute approximate surface area is 156 Å². The number of esters is 1. The number of rotatable bonds is 19. The number of unbranched alkanes of at least 4 members (excludes halogenated alkanes) is 9. The molecule has 4 heteroatoms. The maximum Gasteiger partial charge on any atom is 0.306 e. The number of aliphatic hydroxyl groups is 1. The molecule has 1 unspecified atom stereocenters. The number of ether oxygens (including phenoxy) is 1. The van der Waals surface area contributed by atoms with Crippen LogP contribution in [0.1, 0.15) is 104 Å². The Kier molecular flexibility index (Phi) is 19.2. The third kappa shape index (κ3) is 18.0. The zero-order chi connectivity index (χ0) is 18.6. The van der Waals surface area contributed by atoms with Gasteiger partial charge in [0.15, 0.2) is 0 Å². The molecule has 2 N–H and O–H groups in total. The fourth-order valence-corrected chi connectivity index (χ4v) is 3.00. The van der Waals surface area contributed by atoms with Crippen molar-refractivity contribution in [3.05, 3.63) is 0 Å². The highest BCUT2D eigenvalue weighted by Gasteiger charge is 2.12. The first-order chi connectivity index (χ1) is 12.2. The van der Waals surface area contributed by atoms with Gasteiger partial charge in [-0.15, -0.1) is 0 Å². The van der Waals surface area contributed by atoms with Crippen molar-refractivity contribution in [2.24, 2.45) is 0 Å². The van der Waals surface area contributed by atoms with Crippen molar-refractivity contribution in [2.45, 2.75) is 110 Å². The molecule has 0 amide bonds. The van der Waals surface area contributed by atoms with Crippen LogP contribution in [0.25, 0.3) is 0 Å². The highest BCUT2D eigenvalue weighted by molar-refractivity contribution is 5.69. The second kappa shape index (κ2) is 19.7. The zero-order valence-electron chi connectivity index (χ0n) is 16.9. The van der Waals surface area contributed by atoms with E-state index in [-0.39, 0.29) is 18.7 Å². The third-order valence-corrected chi connectivity index (χ3v) is 4.66. The van der Waals surface area contributed by atoms with Crippen molar-refractivity contribution in [3.8, 4) is 0 Å². The lowest BCUT2D eigenvalue weighted by Crippen LogP contribution is -2.19. The molecule has 0 spiro atoms. The van der Waals surface area contributed by atoms with Crippen molar-refractivity contribution in [1.82, 2.24) is 5.32 Å². The van der Waals surface area contributed by atoms with Crippen LogP contribution < -0.4 is 5.32 Å². The summed E-state index contributed by atoms with van der Waals surface area (Å²) in [6, 6.07) is 0. The van der Waals surface area contributed by atoms with Gasteiger partial charge in [-0.25, -0.2) is 0 Å². The smallest absolute Gasteiger partial charge is 0.306 e. The van der Waals surface area contributed by atoms with Crippen LogP contribution in [0.3, 0.4) is 0 Å². The summed E-state index contributed by atoms with van der Waals surface area (Å²) in [6.45, 7) is 6.21. The van der Waals surface area contributed by atoms with E-state index < -0.39 is 0 Å². The molecular weight excluding hydrogens is 314 g/mol. The van der Waals surface area contributed by atoms with Gasteiger partial charge in [0.2, 0.25) is 0 Å². The van der Waals surface area contributed by atoms with Crippen molar-refractivity contribution < 1.29 is 14.6 Å². The van der Waals surface area contributed by atoms with E-state index in [1.54, 1.807) is 0 Å². The Bertz CT molecular complexity index is 284. The molecule has 0 bridgehead atoms. The number of hydrogen-bond donors (Lipinski definition) is 2. The van der Waals surface area contributed by atoms with Crippen LogP contribution in [0.2, 0.25) is 0 Å². The van der Waals surface area contributed by atoms with Gasteiger partial charge in [0.1, 0.15) is 6.10 Å². The van der Waals surface area contributed by atoms with Crippen LogP contribution in [0.4, 0.5) is 0 Å². The Morgan fingerprint density at radius 3 is 2.20 bits per heavy atom. The van der Waals surface area contributed by atoms with E-state index >= 15 is 0 Å². The van der Waals surface area contributed by atoms with Crippen molar-refractivity contribution in [2.75, 3.05) is 19.7 Å². The molecule has 0 aromatic rings. The molecule has 0 aromatic heterocycles. The van der Waals surface area contributed by atoms with E-state index in [9.17, 15) is 4.79 Å². The largest absolute Gasteiger partial charge is 0.462 e. The molecule has 0 aromatic carbocycles. The summed E-state index contributed by atoms with van der Waals surface area (Å²) in [5.41, 5.74) is 0. The summed E-state index contributed by atoms with van der Waals surface area (Å²) in [6.07, 6.45) is 15.9. The predicted octanol–water partition coefficient (Wildman–Crippen LogP) is 4.98. The summed E-state index contributed by atoms with van der Waals surface area (Å²) in [7, 11) is 0. The standard InChI is InChI=1S/C21H43NO3/c1-3-5-6-7-9-12-15-20(4-2)25-21(24)16-13-10-8-11-14-17-22-18-19-23/h20,22-23H,3-19H2,1-2H3. The number of hydrogen-bond acceptors (Lipinski definition) is 4. The predicted molar refractivity (Wildman–Crippen MR) is 106 cm³/mol. The first-order valence-electron chi connectivity index (χ1n) is 10.8. The van der Waals surface area contributed by atoms with E-state index in [0.29, 0.717) is 13.0 Å². The number of carbonyl (C=O) groups excluding carboxylic acids is 1. The summed E-state index contributed by atoms with van der Waals surface area (Å²) in [4.78, 5) is 11.9. The van der Waals surface area contributed by atoms with Gasteiger partial charge >= 0.3 is 5.97 Å². The summed E-state index contributed by atoms with van der Waals surface area (Å²) in [5, 5.41) is 11.8. The second-order valence-corrected chi connectivity index (χ2v) is 7.07. The van der Waals surface area contributed by atoms with Gasteiger partial charge in [-0.3, -0.25) is 4.79 Å². The van der Waals surface area contributed by atoms with Gasteiger partial charge in [-0.2, -0.15) is 0 Å². The maximum atomic E-state index is 11.9. The van der Waals surface area contributed by atoms with Gasteiger partial charge in [-0.05, 0) is 38.6 Å². The first-order valence-corrected chi connectivity index (χ1v) is 10.8. The van der Waals surface area contributed by atoms with Gasteiger partial charge in [0, 0.05) is 13.0 Å². The lowest BCUT2D eigenvalue weighted by molar-refractivity contribution is -0.149. The van der Waals surface area contributed by atoms with Gasteiger partial charge in [-0.1, -0.05) is 65.2 Å². The molecule has 150 valence electrons. The van der Waals surface area contributed by atoms with Crippen LogP contribution in [0.5, 0.6) is 0 Å². The minimum absolute atomic E-state index is 0.0116. The number of carbonyl (C=O) groups is 1. The van der Waals surface area contributed by atoms with Crippen LogP contribution in [0, 0.1) is 0 Å². The van der Waals surface area contributed by atoms with E-state index in [1.807, 2.05) is 0 Å². The van der Waals surface area contributed by atoms with Crippen molar-refractivity contribution >= 4 is 5.97 Å². The Hall–Kier alpha value is -0.610. The van der Waals surface area contributed by atoms with E-state index in [1.165, 1.54) is 51.4 Å². The van der Waals surface area contributed by atoms with Crippen molar-refractivity contribution in [1.29, 1.82) is 0 Å². The minimum atomic E-state index is -0.0116. The molecule has 0 fully saturated rings. The summed E-state index contributed by atoms with van der Waals surface area (Å²) >= 11 is 0. The number of nitrogens with one attached hydrogen (secondary N) is 1. The third-order valence-electron chi connectivity index (χ3n) is 4.66. The topological polar surface area (TPSA) is 58.6 Å². The molecule has 0 radical (unpaired) electrons. The van der Waals surface area contributed by atoms with Gasteiger partial charge in [0.25, 0.3) is 0 Å². The number of aliphatic hydroxyl groups excluding tert-OH is 1. The Balaban J connectivity index is 3.48. The average molecular weight is 358 g/mol. The molecule has 0 heterocycles. The molecule has 0 rings (SSSR count). The van der Waals surface area contributed by atoms with Crippen molar-refractivity contribution in [3.63, 3.8) is 0 Å². The second-order valence-electron chi connectivity index (χ2n) is 7.07. The zero-order valence-corrected chi connectivity index (χ0v) is 16.9. The lowest BCUT2D eigenvalue weighted by atomic mass is 10.1. The molecular formula is C21H43NO3.